The van der Waals surface area contributed by atoms with Crippen LogP contribution in [0.5, 0.6) is 5.88 Å². The highest BCUT2D eigenvalue weighted by atomic mass is 16.5. The molecule has 0 spiro atoms. The summed E-state index contributed by atoms with van der Waals surface area (Å²) in [5, 5.41) is 3.25. The van der Waals surface area contributed by atoms with E-state index in [1.54, 1.807) is 26.6 Å². The molecule has 2 rings (SSSR count). The first-order valence-corrected chi connectivity index (χ1v) is 7.39. The van der Waals surface area contributed by atoms with Crippen molar-refractivity contribution in [3.63, 3.8) is 0 Å². The van der Waals surface area contributed by atoms with Gasteiger partial charge in [0.15, 0.2) is 0 Å². The highest BCUT2D eigenvalue weighted by Gasteiger charge is 2.17. The van der Waals surface area contributed by atoms with Crippen molar-refractivity contribution in [3.05, 3.63) is 34.8 Å². The molecule has 0 bridgehead atoms. The Labute approximate surface area is 136 Å². The Morgan fingerprint density at radius 2 is 2.17 bits per heavy atom. The van der Waals surface area contributed by atoms with Crippen molar-refractivity contribution in [2.24, 2.45) is 15.7 Å². The van der Waals surface area contributed by atoms with Crippen LogP contribution in [0.25, 0.3) is 5.57 Å². The predicted octanol–water partition coefficient (Wildman–Crippen LogP) is 2.64. The molecule has 122 valence electrons. The van der Waals surface area contributed by atoms with Gasteiger partial charge < -0.3 is 15.8 Å². The van der Waals surface area contributed by atoms with E-state index in [4.69, 9.17) is 10.5 Å². The van der Waals surface area contributed by atoms with Gasteiger partial charge >= 0.3 is 0 Å². The van der Waals surface area contributed by atoms with Gasteiger partial charge in [-0.1, -0.05) is 0 Å². The molecule has 2 heterocycles. The molecule has 0 amide bonds. The highest BCUT2D eigenvalue weighted by Crippen LogP contribution is 2.31. The van der Waals surface area contributed by atoms with E-state index in [1.165, 1.54) is 5.57 Å². The zero-order valence-corrected chi connectivity index (χ0v) is 14.3. The molecular formula is C17H23N5O. The lowest BCUT2D eigenvalue weighted by molar-refractivity contribution is 0.400. The molecule has 23 heavy (non-hydrogen) atoms. The number of hydrogen-bond donors (Lipinski definition) is 2. The largest absolute Gasteiger partial charge is 0.480 e. The molecule has 0 fully saturated rings. The number of hydrogen-bond acceptors (Lipinski definition) is 6. The number of nitrogens with two attached hydrogens (primary N) is 1. The first kappa shape index (κ1) is 16.7. The Balaban J connectivity index is 2.47. The summed E-state index contributed by atoms with van der Waals surface area (Å²) in [4.78, 5) is 12.9. The molecule has 0 saturated heterocycles. The lowest BCUT2D eigenvalue weighted by Gasteiger charge is -2.14. The van der Waals surface area contributed by atoms with Crippen LogP contribution in [0.1, 0.15) is 26.3 Å². The molecule has 0 aliphatic carbocycles. The van der Waals surface area contributed by atoms with Gasteiger partial charge in [-0.15, -0.1) is 0 Å². The first-order valence-electron chi connectivity index (χ1n) is 7.39. The number of ether oxygens (including phenoxy) is 1. The van der Waals surface area contributed by atoms with Gasteiger partial charge in [-0.05, 0) is 32.4 Å². The molecule has 0 atom stereocenters. The van der Waals surface area contributed by atoms with Crippen LogP contribution in [0.15, 0.2) is 39.2 Å². The second-order valence-electron chi connectivity index (χ2n) is 5.45. The van der Waals surface area contributed by atoms with Crippen molar-refractivity contribution in [3.8, 4) is 5.88 Å². The summed E-state index contributed by atoms with van der Waals surface area (Å²) in [6, 6.07) is 2.00. The smallest absolute Gasteiger partial charge is 0.237 e. The fourth-order valence-electron chi connectivity index (χ4n) is 2.51. The molecule has 6 nitrogen and oxygen atoms in total. The number of allylic oxidation sites excluding steroid dienone is 3. The monoisotopic (exact) mass is 313 g/mol. The van der Waals surface area contributed by atoms with E-state index in [-0.39, 0.29) is 0 Å². The lowest BCUT2D eigenvalue weighted by Crippen LogP contribution is -2.10. The van der Waals surface area contributed by atoms with Crippen molar-refractivity contribution >= 4 is 23.2 Å². The fraction of sp³-hybridized carbons (Fsp3) is 0.353. The molecule has 6 heteroatoms. The Bertz CT molecular complexity index is 724. The normalized spacial score (nSPS) is 15.8. The molecule has 0 aromatic carbocycles. The maximum Gasteiger partial charge on any atom is 0.237 e. The number of aromatic nitrogens is 1. The van der Waals surface area contributed by atoms with Gasteiger partial charge in [0.25, 0.3) is 0 Å². The molecule has 0 saturated carbocycles. The van der Waals surface area contributed by atoms with Crippen LogP contribution in [0.3, 0.4) is 0 Å². The van der Waals surface area contributed by atoms with Crippen molar-refractivity contribution in [1.29, 1.82) is 0 Å². The van der Waals surface area contributed by atoms with E-state index in [0.717, 1.165) is 29.1 Å². The third-order valence-corrected chi connectivity index (χ3v) is 3.63. The van der Waals surface area contributed by atoms with Crippen LogP contribution in [-0.2, 0) is 0 Å². The summed E-state index contributed by atoms with van der Waals surface area (Å²) in [5.41, 5.74) is 12.4. The molecular weight excluding hydrogens is 290 g/mol. The molecule has 1 aliphatic rings. The Hall–Kier alpha value is -2.63. The molecule has 1 aliphatic heterocycles. The summed E-state index contributed by atoms with van der Waals surface area (Å²) < 4.78 is 5.35. The third-order valence-electron chi connectivity index (χ3n) is 3.63. The van der Waals surface area contributed by atoms with Gasteiger partial charge in [-0.3, -0.25) is 9.98 Å². The highest BCUT2D eigenvalue weighted by molar-refractivity contribution is 6.25. The van der Waals surface area contributed by atoms with Crippen LogP contribution >= 0.6 is 0 Å². The Morgan fingerprint density at radius 1 is 1.43 bits per heavy atom. The van der Waals surface area contributed by atoms with E-state index in [0.29, 0.717) is 17.3 Å². The first-order chi connectivity index (χ1) is 11.0. The van der Waals surface area contributed by atoms with Crippen LogP contribution in [0, 0.1) is 0 Å². The van der Waals surface area contributed by atoms with Gasteiger partial charge in [-0.2, -0.15) is 0 Å². The van der Waals surface area contributed by atoms with E-state index >= 15 is 0 Å². The summed E-state index contributed by atoms with van der Waals surface area (Å²) in [5.74, 6) is 0.503. The summed E-state index contributed by atoms with van der Waals surface area (Å²) >= 11 is 0. The average Bonchev–Trinajstić information content (AvgIpc) is 2.85. The lowest BCUT2D eigenvalue weighted by atomic mass is 10.0. The minimum absolute atomic E-state index is 0.503. The van der Waals surface area contributed by atoms with Crippen LogP contribution in [0.4, 0.5) is 5.69 Å². The molecule has 0 unspecified atom stereocenters. The van der Waals surface area contributed by atoms with E-state index in [2.05, 4.69) is 27.2 Å². The number of methoxy groups -OCH3 is 1. The third kappa shape index (κ3) is 3.59. The maximum absolute atomic E-state index is 5.90. The van der Waals surface area contributed by atoms with Crippen LogP contribution in [-0.4, -0.2) is 37.6 Å². The quantitative estimate of drug-likeness (QED) is 0.818. The molecule has 3 N–H and O–H groups in total. The molecule has 0 radical (unpaired) electrons. The zero-order valence-electron chi connectivity index (χ0n) is 14.3. The van der Waals surface area contributed by atoms with Gasteiger partial charge in [0, 0.05) is 42.0 Å². The van der Waals surface area contributed by atoms with Crippen molar-refractivity contribution in [2.75, 3.05) is 26.0 Å². The topological polar surface area (TPSA) is 84.9 Å². The summed E-state index contributed by atoms with van der Waals surface area (Å²) in [6.07, 6.45) is 3.48. The Morgan fingerprint density at radius 3 is 2.70 bits per heavy atom. The maximum atomic E-state index is 5.90. The number of nitrogens with zero attached hydrogens (tertiary/aromatic N) is 3. The van der Waals surface area contributed by atoms with E-state index in [1.807, 2.05) is 19.9 Å². The van der Waals surface area contributed by atoms with Crippen LogP contribution < -0.4 is 15.8 Å². The van der Waals surface area contributed by atoms with Gasteiger partial charge in [-0.25, -0.2) is 4.98 Å². The van der Waals surface area contributed by atoms with E-state index in [9.17, 15) is 0 Å². The van der Waals surface area contributed by atoms with E-state index < -0.39 is 0 Å². The van der Waals surface area contributed by atoms with Crippen molar-refractivity contribution in [2.45, 2.75) is 20.8 Å². The van der Waals surface area contributed by atoms with Gasteiger partial charge in [0.1, 0.15) is 5.69 Å². The second-order valence-corrected chi connectivity index (χ2v) is 5.45. The number of aliphatic imine (C=N–C) groups is 2. The minimum atomic E-state index is 0.503. The standard InChI is InChI=1S/C17H23N5O/c1-10-7-20-12(3)16(10)13-6-14(17(23-5)21-8-13)22-15(9-19-4)11(2)18/h6,8-9,22H,7,18H2,1-5H3. The van der Waals surface area contributed by atoms with Crippen LogP contribution in [0.2, 0.25) is 0 Å². The average molecular weight is 313 g/mol. The Kier molecular flexibility index (Phi) is 5.16. The van der Waals surface area contributed by atoms with Crippen molar-refractivity contribution in [1.82, 2.24) is 4.98 Å². The molecule has 1 aromatic rings. The zero-order chi connectivity index (χ0) is 17.0. The second kappa shape index (κ2) is 7.09. The number of anilines is 1. The minimum Gasteiger partial charge on any atom is -0.480 e. The molecule has 1 aromatic heterocycles. The number of pyridine rings is 1. The summed E-state index contributed by atoms with van der Waals surface area (Å²) in [6.45, 7) is 6.66. The summed E-state index contributed by atoms with van der Waals surface area (Å²) in [7, 11) is 3.29. The van der Waals surface area contributed by atoms with Gasteiger partial charge in [0.2, 0.25) is 5.88 Å². The van der Waals surface area contributed by atoms with Gasteiger partial charge in [0.05, 0.1) is 19.4 Å². The predicted molar refractivity (Wildman–Crippen MR) is 96.3 cm³/mol. The van der Waals surface area contributed by atoms with Crippen molar-refractivity contribution < 1.29 is 4.74 Å². The fourth-order valence-corrected chi connectivity index (χ4v) is 2.51. The number of nitrogens with one attached hydrogen (secondary N) is 1. The number of rotatable bonds is 5. The SMILES string of the molecule is CN=CC(Nc1cc(C2=C(C)CN=C2C)cnc1OC)=C(C)N.